The van der Waals surface area contributed by atoms with E-state index < -0.39 is 0 Å². The molecule has 1 aliphatic heterocycles. The highest BCUT2D eigenvalue weighted by molar-refractivity contribution is 5.79. The number of rotatable bonds is 7. The van der Waals surface area contributed by atoms with Crippen molar-refractivity contribution in [2.75, 3.05) is 40.4 Å². The number of methoxy groups -OCH3 is 2. The quantitative estimate of drug-likeness (QED) is 0.791. The Morgan fingerprint density at radius 1 is 1.11 bits per heavy atom. The molecule has 1 aliphatic rings. The van der Waals surface area contributed by atoms with Gasteiger partial charge in [-0.3, -0.25) is 4.79 Å². The van der Waals surface area contributed by atoms with Gasteiger partial charge in [0.1, 0.15) is 0 Å². The second kappa shape index (κ2) is 10.0. The van der Waals surface area contributed by atoms with Crippen molar-refractivity contribution in [2.45, 2.75) is 39.2 Å². The second-order valence-electron chi connectivity index (χ2n) is 6.65. The predicted octanol–water partition coefficient (Wildman–Crippen LogP) is 2.29. The Bertz CT molecular complexity index is 638. The number of benzene rings is 1. The van der Waals surface area contributed by atoms with E-state index in [9.17, 15) is 9.59 Å². The average Bonchev–Trinajstić information content (AvgIpc) is 2.69. The zero-order chi connectivity index (χ0) is 19.8. The molecule has 1 aromatic carbocycles. The molecule has 0 atom stereocenters. The molecule has 2 rings (SSSR count). The Morgan fingerprint density at radius 3 is 2.30 bits per heavy atom. The minimum atomic E-state index is -0.0178. The molecule has 0 bridgehead atoms. The van der Waals surface area contributed by atoms with E-state index in [4.69, 9.17) is 9.47 Å². The van der Waals surface area contributed by atoms with Crippen LogP contribution in [0.25, 0.3) is 0 Å². The van der Waals surface area contributed by atoms with Crippen molar-refractivity contribution < 1.29 is 19.1 Å². The van der Waals surface area contributed by atoms with Crippen LogP contribution in [-0.4, -0.2) is 68.2 Å². The highest BCUT2D eigenvalue weighted by Crippen LogP contribution is 2.27. The van der Waals surface area contributed by atoms with Crippen molar-refractivity contribution in [1.82, 2.24) is 15.1 Å². The Morgan fingerprint density at radius 2 is 1.74 bits per heavy atom. The summed E-state index contributed by atoms with van der Waals surface area (Å²) in [6.45, 7) is 6.77. The molecule has 150 valence electrons. The van der Waals surface area contributed by atoms with Crippen LogP contribution in [0.4, 0.5) is 4.79 Å². The van der Waals surface area contributed by atoms with E-state index in [0.717, 1.165) is 31.5 Å². The molecule has 1 saturated heterocycles. The van der Waals surface area contributed by atoms with Crippen molar-refractivity contribution >= 4 is 11.9 Å². The number of hydrogen-bond donors (Lipinski definition) is 1. The van der Waals surface area contributed by atoms with Gasteiger partial charge in [0.05, 0.1) is 20.6 Å². The molecule has 0 radical (unpaired) electrons. The molecule has 27 heavy (non-hydrogen) atoms. The van der Waals surface area contributed by atoms with Crippen molar-refractivity contribution in [1.29, 1.82) is 0 Å². The number of ether oxygens (including phenoxy) is 2. The third-order valence-corrected chi connectivity index (χ3v) is 4.98. The minimum Gasteiger partial charge on any atom is -0.493 e. The van der Waals surface area contributed by atoms with E-state index in [1.165, 1.54) is 0 Å². The van der Waals surface area contributed by atoms with Gasteiger partial charge in [0, 0.05) is 32.2 Å². The van der Waals surface area contributed by atoms with E-state index in [-0.39, 0.29) is 18.0 Å². The number of carbonyl (C=O) groups is 2. The Labute approximate surface area is 161 Å². The van der Waals surface area contributed by atoms with Crippen LogP contribution in [0.15, 0.2) is 18.2 Å². The first-order chi connectivity index (χ1) is 13.0. The van der Waals surface area contributed by atoms with E-state index in [1.54, 1.807) is 20.3 Å². The Kier molecular flexibility index (Phi) is 7.76. The molecule has 7 nitrogen and oxygen atoms in total. The van der Waals surface area contributed by atoms with Crippen LogP contribution in [0.1, 0.15) is 32.3 Å². The topological polar surface area (TPSA) is 71.1 Å². The lowest BCUT2D eigenvalue weighted by Crippen LogP contribution is -2.50. The fourth-order valence-corrected chi connectivity index (χ4v) is 3.36. The van der Waals surface area contributed by atoms with Crippen LogP contribution in [0, 0.1) is 0 Å². The van der Waals surface area contributed by atoms with E-state index >= 15 is 0 Å². The smallest absolute Gasteiger partial charge is 0.319 e. The number of amides is 3. The first-order valence-electron chi connectivity index (χ1n) is 9.56. The normalized spacial score (nSPS) is 14.6. The summed E-state index contributed by atoms with van der Waals surface area (Å²) >= 11 is 0. The molecular formula is C20H31N3O4. The molecule has 1 heterocycles. The SMILES string of the molecule is CCN(CC)C(=O)N1CCC(NC(=O)Cc2ccc(OC)c(OC)c2)CC1. The fraction of sp³-hybridized carbons (Fsp3) is 0.600. The first-order valence-corrected chi connectivity index (χ1v) is 9.56. The van der Waals surface area contributed by atoms with Gasteiger partial charge in [-0.1, -0.05) is 6.07 Å². The molecular weight excluding hydrogens is 346 g/mol. The standard InChI is InChI=1S/C20H31N3O4/c1-5-22(6-2)20(25)23-11-9-16(10-12-23)21-19(24)14-15-7-8-17(26-3)18(13-15)27-4/h7-8,13,16H,5-6,9-12,14H2,1-4H3,(H,21,24). The molecule has 1 N–H and O–H groups in total. The van der Waals surface area contributed by atoms with E-state index in [1.807, 2.05) is 35.8 Å². The summed E-state index contributed by atoms with van der Waals surface area (Å²) in [6.07, 6.45) is 1.86. The third kappa shape index (κ3) is 5.52. The molecule has 7 heteroatoms. The van der Waals surface area contributed by atoms with Crippen LogP contribution < -0.4 is 14.8 Å². The van der Waals surface area contributed by atoms with Gasteiger partial charge in [-0.15, -0.1) is 0 Å². The number of piperidine rings is 1. The predicted molar refractivity (Wildman–Crippen MR) is 104 cm³/mol. The van der Waals surface area contributed by atoms with Crippen molar-refractivity contribution in [2.24, 2.45) is 0 Å². The summed E-state index contributed by atoms with van der Waals surface area (Å²) in [6, 6.07) is 5.70. The van der Waals surface area contributed by atoms with Crippen LogP contribution in [0.2, 0.25) is 0 Å². The Balaban J connectivity index is 1.83. The summed E-state index contributed by atoms with van der Waals surface area (Å²) in [5.74, 6) is 1.24. The molecule has 0 saturated carbocycles. The molecule has 0 unspecified atom stereocenters. The highest BCUT2D eigenvalue weighted by atomic mass is 16.5. The van der Waals surface area contributed by atoms with Crippen LogP contribution in [-0.2, 0) is 11.2 Å². The third-order valence-electron chi connectivity index (χ3n) is 4.98. The summed E-state index contributed by atoms with van der Waals surface area (Å²) in [4.78, 5) is 28.5. The van der Waals surface area contributed by atoms with Gasteiger partial charge >= 0.3 is 6.03 Å². The number of nitrogens with zero attached hydrogens (tertiary/aromatic N) is 2. The molecule has 0 aliphatic carbocycles. The van der Waals surface area contributed by atoms with E-state index in [0.29, 0.717) is 31.0 Å². The second-order valence-corrected chi connectivity index (χ2v) is 6.65. The van der Waals surface area contributed by atoms with Gasteiger partial charge in [0.2, 0.25) is 5.91 Å². The van der Waals surface area contributed by atoms with Gasteiger partial charge in [0.25, 0.3) is 0 Å². The Hall–Kier alpha value is -2.44. The summed E-state index contributed by atoms with van der Waals surface area (Å²) in [5, 5.41) is 3.09. The van der Waals surface area contributed by atoms with Crippen LogP contribution in [0.3, 0.4) is 0 Å². The maximum Gasteiger partial charge on any atom is 0.319 e. The minimum absolute atomic E-state index is 0.0178. The molecule has 0 aromatic heterocycles. The number of likely N-dealkylation sites (tertiary alicyclic amines) is 1. The zero-order valence-corrected chi connectivity index (χ0v) is 16.8. The number of carbonyl (C=O) groups excluding carboxylic acids is 2. The zero-order valence-electron chi connectivity index (χ0n) is 16.8. The number of nitrogens with one attached hydrogen (secondary N) is 1. The average molecular weight is 377 g/mol. The van der Waals surface area contributed by atoms with E-state index in [2.05, 4.69) is 5.32 Å². The van der Waals surface area contributed by atoms with Gasteiger partial charge in [-0.2, -0.15) is 0 Å². The maximum atomic E-state index is 12.4. The highest BCUT2D eigenvalue weighted by Gasteiger charge is 2.26. The van der Waals surface area contributed by atoms with Crippen molar-refractivity contribution in [3.8, 4) is 11.5 Å². The lowest BCUT2D eigenvalue weighted by atomic mass is 10.0. The molecule has 3 amide bonds. The lowest BCUT2D eigenvalue weighted by Gasteiger charge is -2.35. The maximum absolute atomic E-state index is 12.4. The largest absolute Gasteiger partial charge is 0.493 e. The van der Waals surface area contributed by atoms with Crippen molar-refractivity contribution in [3.05, 3.63) is 23.8 Å². The monoisotopic (exact) mass is 377 g/mol. The van der Waals surface area contributed by atoms with Gasteiger partial charge < -0.3 is 24.6 Å². The molecule has 0 spiro atoms. The van der Waals surface area contributed by atoms with Gasteiger partial charge in [-0.25, -0.2) is 4.79 Å². The fourth-order valence-electron chi connectivity index (χ4n) is 3.36. The lowest BCUT2D eigenvalue weighted by molar-refractivity contribution is -0.121. The summed E-state index contributed by atoms with van der Waals surface area (Å²) in [7, 11) is 3.16. The summed E-state index contributed by atoms with van der Waals surface area (Å²) in [5.41, 5.74) is 0.874. The molecule has 1 aromatic rings. The van der Waals surface area contributed by atoms with Crippen LogP contribution >= 0.6 is 0 Å². The number of hydrogen-bond acceptors (Lipinski definition) is 4. The number of urea groups is 1. The summed E-state index contributed by atoms with van der Waals surface area (Å²) < 4.78 is 10.5. The van der Waals surface area contributed by atoms with Gasteiger partial charge in [-0.05, 0) is 44.4 Å². The van der Waals surface area contributed by atoms with Crippen molar-refractivity contribution in [3.63, 3.8) is 0 Å². The first kappa shape index (κ1) is 20.9. The molecule has 1 fully saturated rings. The van der Waals surface area contributed by atoms with Gasteiger partial charge in [0.15, 0.2) is 11.5 Å². The van der Waals surface area contributed by atoms with Crippen LogP contribution in [0.5, 0.6) is 11.5 Å².